The summed E-state index contributed by atoms with van der Waals surface area (Å²) in [7, 11) is 0. The molecule has 0 N–H and O–H groups in total. The van der Waals surface area contributed by atoms with E-state index in [2.05, 4.69) is 184 Å². The number of allylic oxidation sites excluding steroid dienone is 2. The Morgan fingerprint density at radius 1 is 0.714 bits per heavy atom. The van der Waals surface area contributed by atoms with E-state index in [4.69, 9.17) is 19.5 Å². The molecule has 56 heavy (non-hydrogen) atoms. The van der Waals surface area contributed by atoms with E-state index in [1.807, 2.05) is 11.8 Å². The summed E-state index contributed by atoms with van der Waals surface area (Å²) in [6.07, 6.45) is 7.15. The van der Waals surface area contributed by atoms with Crippen LogP contribution in [0.3, 0.4) is 0 Å². The number of halogens is 1. The number of nitrogens with zero attached hydrogens (tertiary/aromatic N) is 2. The third kappa shape index (κ3) is 6.42. The number of aliphatic imine (C=N–C) groups is 2. The molecule has 10 rings (SSSR count). The first-order valence-electron chi connectivity index (χ1n) is 19.2. The summed E-state index contributed by atoms with van der Waals surface area (Å²) in [6.45, 7) is 4.46. The van der Waals surface area contributed by atoms with Crippen molar-refractivity contribution < 1.29 is 30.7 Å². The first-order chi connectivity index (χ1) is 27.5. The van der Waals surface area contributed by atoms with Gasteiger partial charge in [0.2, 0.25) is 0 Å². The SMILES string of the molecule is Cc1ccccc1C1CC(C2=CC=CC3(C)Sc4ccccc4OC23)=NC(c2cccc3c2Oc2ccccc2C(c2ccccc2)C(c2ccccc2)[I-]3)=N1. The molecule has 4 aliphatic rings. The van der Waals surface area contributed by atoms with Crippen LogP contribution in [0.25, 0.3) is 0 Å². The number of para-hydroxylation sites is 3. The Hall–Kier alpha value is -5.18. The summed E-state index contributed by atoms with van der Waals surface area (Å²) in [6, 6.07) is 54.1. The standard InChI is InChI=1S/C50H40IN2O2S/c1-32-17-9-10-22-35(32)40-31-41(36-25-16-30-50(2)48(36)55-43-28-13-14-29-44(43)56-50)53-49(52-40)38-24-15-26-39-47(38)54-42-27-12-11-23-37(42)45(33-18-5-3-6-19-33)46(51-39)34-20-7-4-8-21-34/h3-30,40,45-46,48H,31H2,1-2H3/q-1. The Morgan fingerprint density at radius 2 is 1.41 bits per heavy atom. The summed E-state index contributed by atoms with van der Waals surface area (Å²) >= 11 is 1.24. The molecule has 276 valence electrons. The van der Waals surface area contributed by atoms with Gasteiger partial charge < -0.3 is 0 Å². The fourth-order valence-electron chi connectivity index (χ4n) is 8.43. The fourth-order valence-corrected chi connectivity index (χ4v) is 13.5. The van der Waals surface area contributed by atoms with Gasteiger partial charge in [0, 0.05) is 0 Å². The van der Waals surface area contributed by atoms with Gasteiger partial charge in [0.25, 0.3) is 0 Å². The maximum atomic E-state index is 7.21. The van der Waals surface area contributed by atoms with Crippen LogP contribution in [0, 0.1) is 10.5 Å². The van der Waals surface area contributed by atoms with E-state index in [0.29, 0.717) is 12.3 Å². The van der Waals surface area contributed by atoms with Crippen molar-refractivity contribution in [2.45, 2.75) is 51.9 Å². The second-order valence-corrected chi connectivity index (χ2v) is 19.5. The van der Waals surface area contributed by atoms with E-state index in [1.165, 1.54) is 31.4 Å². The van der Waals surface area contributed by atoms with Crippen LogP contribution < -0.4 is 30.7 Å². The van der Waals surface area contributed by atoms with E-state index < -0.39 is 21.2 Å². The molecule has 1 aliphatic carbocycles. The summed E-state index contributed by atoms with van der Waals surface area (Å²) in [5.41, 5.74) is 9.33. The Balaban J connectivity index is 1.13. The zero-order valence-corrected chi connectivity index (χ0v) is 34.2. The molecule has 5 unspecified atom stereocenters. The monoisotopic (exact) mass is 859 g/mol. The minimum absolute atomic E-state index is 0.119. The molecule has 3 aliphatic heterocycles. The number of benzene rings is 6. The van der Waals surface area contributed by atoms with Crippen molar-refractivity contribution >= 4 is 23.3 Å². The van der Waals surface area contributed by atoms with Crippen LogP contribution in [-0.2, 0) is 0 Å². The molecule has 6 heteroatoms. The Labute approximate surface area is 343 Å². The molecule has 0 spiro atoms. The van der Waals surface area contributed by atoms with Gasteiger partial charge in [0.15, 0.2) is 0 Å². The molecule has 0 amide bonds. The van der Waals surface area contributed by atoms with Crippen LogP contribution in [0.5, 0.6) is 17.2 Å². The van der Waals surface area contributed by atoms with Gasteiger partial charge in [-0.15, -0.1) is 0 Å². The second kappa shape index (κ2) is 14.7. The van der Waals surface area contributed by atoms with Crippen molar-refractivity contribution in [1.29, 1.82) is 0 Å². The van der Waals surface area contributed by atoms with Crippen molar-refractivity contribution in [3.63, 3.8) is 0 Å². The summed E-state index contributed by atoms with van der Waals surface area (Å²) in [5.74, 6) is 3.51. The van der Waals surface area contributed by atoms with Crippen molar-refractivity contribution in [2.75, 3.05) is 0 Å². The van der Waals surface area contributed by atoms with Crippen molar-refractivity contribution in [3.05, 3.63) is 212 Å². The molecular weight excluding hydrogens is 820 g/mol. The van der Waals surface area contributed by atoms with Gasteiger partial charge >= 0.3 is 339 Å². The molecule has 4 nitrogen and oxygen atoms in total. The number of amidine groups is 1. The molecule has 0 saturated heterocycles. The molecule has 0 fully saturated rings. The molecule has 0 bridgehead atoms. The summed E-state index contributed by atoms with van der Waals surface area (Å²) < 4.78 is 15.3. The quantitative estimate of drug-likeness (QED) is 0.129. The van der Waals surface area contributed by atoms with Gasteiger partial charge in [-0.2, -0.15) is 0 Å². The first kappa shape index (κ1) is 35.2. The number of alkyl halides is 1. The van der Waals surface area contributed by atoms with Gasteiger partial charge in [0.05, 0.1) is 0 Å². The average molecular weight is 860 g/mol. The van der Waals surface area contributed by atoms with Crippen LogP contribution in [0.2, 0.25) is 0 Å². The minimum atomic E-state index is -0.626. The van der Waals surface area contributed by atoms with Crippen LogP contribution in [0.15, 0.2) is 190 Å². The number of hydrogen-bond acceptors (Lipinski definition) is 5. The number of ether oxygens (including phenoxy) is 2. The van der Waals surface area contributed by atoms with Crippen molar-refractivity contribution in [1.82, 2.24) is 0 Å². The van der Waals surface area contributed by atoms with Crippen LogP contribution in [-0.4, -0.2) is 22.4 Å². The predicted octanol–water partition coefficient (Wildman–Crippen LogP) is 9.07. The Bertz CT molecular complexity index is 2580. The maximum absolute atomic E-state index is 7.21. The van der Waals surface area contributed by atoms with Gasteiger partial charge in [-0.1, -0.05) is 6.07 Å². The molecule has 5 atom stereocenters. The van der Waals surface area contributed by atoms with E-state index in [9.17, 15) is 0 Å². The molecule has 6 aromatic carbocycles. The molecule has 0 radical (unpaired) electrons. The fraction of sp³-hybridized carbons (Fsp3) is 0.160. The number of thioether (sulfide) groups is 1. The Morgan fingerprint density at radius 3 is 2.21 bits per heavy atom. The van der Waals surface area contributed by atoms with E-state index in [0.717, 1.165) is 39.0 Å². The number of fused-ring (bicyclic) bond motifs is 4. The van der Waals surface area contributed by atoms with Gasteiger partial charge in [-0.25, -0.2) is 0 Å². The zero-order chi connectivity index (χ0) is 37.6. The molecule has 0 aromatic heterocycles. The van der Waals surface area contributed by atoms with Crippen LogP contribution in [0.1, 0.15) is 62.6 Å². The molecule has 6 aromatic rings. The molecule has 3 heterocycles. The van der Waals surface area contributed by atoms with Crippen molar-refractivity contribution in [2.24, 2.45) is 9.98 Å². The van der Waals surface area contributed by atoms with E-state index >= 15 is 0 Å². The normalized spacial score (nSPS) is 23.7. The Kier molecular flexibility index (Phi) is 9.26. The summed E-state index contributed by atoms with van der Waals surface area (Å²) in [5, 5.41) is 0. The summed E-state index contributed by atoms with van der Waals surface area (Å²) in [4.78, 5) is 12.2. The third-order valence-electron chi connectivity index (χ3n) is 11.2. The van der Waals surface area contributed by atoms with E-state index in [-0.39, 0.29) is 26.7 Å². The van der Waals surface area contributed by atoms with E-state index in [1.54, 1.807) is 0 Å². The average Bonchev–Trinajstić information content (AvgIpc) is 3.23. The van der Waals surface area contributed by atoms with Crippen molar-refractivity contribution in [3.8, 4) is 17.2 Å². The molecular formula is C50H40IN2O2S-. The third-order valence-corrected chi connectivity index (χ3v) is 16.2. The second-order valence-electron chi connectivity index (χ2n) is 14.9. The number of hydrogen-bond donors (Lipinski definition) is 0. The van der Waals surface area contributed by atoms with Gasteiger partial charge in [0.1, 0.15) is 0 Å². The molecule has 0 saturated carbocycles. The van der Waals surface area contributed by atoms with Crippen LogP contribution in [0.4, 0.5) is 0 Å². The first-order valence-corrected chi connectivity index (χ1v) is 22.4. The number of aryl methyl sites for hydroxylation is 1. The van der Waals surface area contributed by atoms with Gasteiger partial charge in [-0.3, -0.25) is 0 Å². The topological polar surface area (TPSA) is 43.2 Å². The predicted molar refractivity (Wildman–Crippen MR) is 224 cm³/mol. The zero-order valence-electron chi connectivity index (χ0n) is 31.2. The van der Waals surface area contributed by atoms with Crippen LogP contribution >= 0.6 is 11.8 Å². The van der Waals surface area contributed by atoms with Gasteiger partial charge in [-0.05, 0) is 0 Å². The number of rotatable bonds is 5.